The molecule has 1 aliphatic heterocycles. The summed E-state index contributed by atoms with van der Waals surface area (Å²) in [6, 6.07) is 0. The van der Waals surface area contributed by atoms with Crippen LogP contribution in [0.5, 0.6) is 0 Å². The van der Waals surface area contributed by atoms with Crippen LogP contribution in [0.15, 0.2) is 0 Å². The van der Waals surface area contributed by atoms with Crippen LogP contribution in [0, 0.1) is 0 Å². The van der Waals surface area contributed by atoms with Gasteiger partial charge in [0.1, 0.15) is 0 Å². The van der Waals surface area contributed by atoms with Crippen LogP contribution >= 0.6 is 15.9 Å². The van der Waals surface area contributed by atoms with Gasteiger partial charge in [0.25, 0.3) is 0 Å². The maximum absolute atomic E-state index is 5.63. The van der Waals surface area contributed by atoms with Crippen LogP contribution in [0.4, 0.5) is 0 Å². The number of ether oxygens (including phenoxy) is 1. The van der Waals surface area contributed by atoms with Gasteiger partial charge in [-0.25, -0.2) is 0 Å². The first kappa shape index (κ1) is 7.76. The van der Waals surface area contributed by atoms with Crippen LogP contribution in [0.2, 0.25) is 0 Å². The molecule has 9 heavy (non-hydrogen) atoms. The molecule has 0 aliphatic carbocycles. The lowest BCUT2D eigenvalue weighted by Gasteiger charge is -2.32. The van der Waals surface area contributed by atoms with Crippen molar-refractivity contribution in [2.45, 2.75) is 24.5 Å². The fourth-order valence-corrected chi connectivity index (χ4v) is 2.10. The Morgan fingerprint density at radius 1 is 1.56 bits per heavy atom. The Bertz CT molecular complexity index is 91.1. The normalized spacial score (nSPS) is 37.0. The van der Waals surface area contributed by atoms with Crippen molar-refractivity contribution in [2.75, 3.05) is 11.9 Å². The third-order valence-corrected chi connectivity index (χ3v) is 5.20. The molecule has 0 N–H and O–H groups in total. The zero-order valence-electron chi connectivity index (χ0n) is 5.82. The standard InChI is InChI=1S/C6H13BrOSi/c7-5-6(9)3-1-2-4-8-6/h1-5H2,9H3. The van der Waals surface area contributed by atoms with Crippen LogP contribution < -0.4 is 0 Å². The highest BCUT2D eigenvalue weighted by atomic mass is 79.9. The average Bonchev–Trinajstić information content (AvgIpc) is 1.90. The van der Waals surface area contributed by atoms with Gasteiger partial charge in [-0.05, 0) is 19.3 Å². The lowest BCUT2D eigenvalue weighted by molar-refractivity contribution is -0.000251. The molecule has 1 unspecified atom stereocenters. The van der Waals surface area contributed by atoms with Gasteiger partial charge in [0, 0.05) is 22.2 Å². The summed E-state index contributed by atoms with van der Waals surface area (Å²) in [5.41, 5.74) is 0. The van der Waals surface area contributed by atoms with Gasteiger partial charge in [-0.3, -0.25) is 0 Å². The van der Waals surface area contributed by atoms with Gasteiger partial charge >= 0.3 is 0 Å². The molecule has 0 saturated carbocycles. The first-order chi connectivity index (χ1) is 4.27. The zero-order valence-corrected chi connectivity index (χ0v) is 9.41. The van der Waals surface area contributed by atoms with Crippen LogP contribution in [0.1, 0.15) is 19.3 Å². The van der Waals surface area contributed by atoms with Gasteiger partial charge in [-0.2, -0.15) is 0 Å². The van der Waals surface area contributed by atoms with Crippen molar-refractivity contribution in [1.29, 1.82) is 0 Å². The first-order valence-electron chi connectivity index (χ1n) is 3.47. The summed E-state index contributed by atoms with van der Waals surface area (Å²) in [7, 11) is 1.16. The molecule has 1 nitrogen and oxygen atoms in total. The molecule has 1 saturated heterocycles. The fraction of sp³-hybridized carbons (Fsp3) is 1.00. The Morgan fingerprint density at radius 2 is 2.33 bits per heavy atom. The van der Waals surface area contributed by atoms with Crippen molar-refractivity contribution < 1.29 is 4.74 Å². The van der Waals surface area contributed by atoms with E-state index in [4.69, 9.17) is 4.74 Å². The smallest absolute Gasteiger partial charge is 0.0580 e. The quantitative estimate of drug-likeness (QED) is 0.455. The van der Waals surface area contributed by atoms with Gasteiger partial charge in [-0.1, -0.05) is 15.9 Å². The van der Waals surface area contributed by atoms with Crippen LogP contribution in [-0.4, -0.2) is 27.4 Å². The molecule has 54 valence electrons. The van der Waals surface area contributed by atoms with Crippen molar-refractivity contribution in [2.24, 2.45) is 0 Å². The molecule has 0 radical (unpaired) electrons. The molecule has 1 rings (SSSR count). The summed E-state index contributed by atoms with van der Waals surface area (Å²) >= 11 is 3.48. The second kappa shape index (κ2) is 3.17. The van der Waals surface area contributed by atoms with Gasteiger partial charge < -0.3 is 4.74 Å². The second-order valence-electron chi connectivity index (χ2n) is 2.89. The van der Waals surface area contributed by atoms with E-state index in [2.05, 4.69) is 15.9 Å². The summed E-state index contributed by atoms with van der Waals surface area (Å²) in [5.74, 6) is 0. The van der Waals surface area contributed by atoms with Crippen molar-refractivity contribution >= 4 is 26.2 Å². The predicted octanol–water partition coefficient (Wildman–Crippen LogP) is 0.643. The molecule has 0 amide bonds. The van der Waals surface area contributed by atoms with E-state index in [9.17, 15) is 0 Å². The van der Waals surface area contributed by atoms with E-state index >= 15 is 0 Å². The molecule has 0 aromatic rings. The second-order valence-corrected chi connectivity index (χ2v) is 5.27. The van der Waals surface area contributed by atoms with Crippen LogP contribution in [-0.2, 0) is 4.74 Å². The summed E-state index contributed by atoms with van der Waals surface area (Å²) in [6.07, 6.45) is 3.89. The zero-order chi connectivity index (χ0) is 6.74. The Morgan fingerprint density at radius 3 is 2.67 bits per heavy atom. The van der Waals surface area contributed by atoms with E-state index in [-0.39, 0.29) is 5.22 Å². The van der Waals surface area contributed by atoms with Crippen LogP contribution in [0.25, 0.3) is 0 Å². The molecule has 1 fully saturated rings. The fourth-order valence-electron chi connectivity index (χ4n) is 1.10. The van der Waals surface area contributed by atoms with Crippen molar-refractivity contribution in [3.8, 4) is 0 Å². The molecule has 0 bridgehead atoms. The molecule has 1 atom stereocenters. The minimum absolute atomic E-state index is 0.276. The summed E-state index contributed by atoms with van der Waals surface area (Å²) in [4.78, 5) is 0. The van der Waals surface area contributed by atoms with E-state index < -0.39 is 0 Å². The van der Waals surface area contributed by atoms with Crippen molar-refractivity contribution in [1.82, 2.24) is 0 Å². The number of hydrogen-bond acceptors (Lipinski definition) is 1. The van der Waals surface area contributed by atoms with Gasteiger partial charge in [0.15, 0.2) is 0 Å². The molecule has 1 aliphatic rings. The van der Waals surface area contributed by atoms with E-state index in [1.54, 1.807) is 0 Å². The monoisotopic (exact) mass is 208 g/mol. The highest BCUT2D eigenvalue weighted by molar-refractivity contribution is 9.09. The van der Waals surface area contributed by atoms with E-state index in [1.807, 2.05) is 0 Å². The lowest BCUT2D eigenvalue weighted by atomic mass is 10.1. The highest BCUT2D eigenvalue weighted by Crippen LogP contribution is 2.22. The molecule has 1 heterocycles. The van der Waals surface area contributed by atoms with Gasteiger partial charge in [-0.15, -0.1) is 0 Å². The predicted molar refractivity (Wildman–Crippen MR) is 46.3 cm³/mol. The van der Waals surface area contributed by atoms with E-state index in [0.717, 1.165) is 22.2 Å². The summed E-state index contributed by atoms with van der Waals surface area (Å²) < 4.78 is 5.63. The van der Waals surface area contributed by atoms with E-state index in [1.165, 1.54) is 19.3 Å². The molecular formula is C6H13BrOSi. The highest BCUT2D eigenvalue weighted by Gasteiger charge is 2.25. The number of halogens is 1. The molecule has 3 heteroatoms. The first-order valence-corrected chi connectivity index (χ1v) is 5.59. The number of hydrogen-bond donors (Lipinski definition) is 0. The topological polar surface area (TPSA) is 9.23 Å². The Labute approximate surface area is 67.7 Å². The molecule has 0 spiro atoms. The molecular weight excluding hydrogens is 196 g/mol. The minimum Gasteiger partial charge on any atom is -0.379 e. The summed E-state index contributed by atoms with van der Waals surface area (Å²) in [5, 5.41) is 1.31. The minimum atomic E-state index is 0.276. The van der Waals surface area contributed by atoms with E-state index in [0.29, 0.717) is 0 Å². The van der Waals surface area contributed by atoms with Crippen molar-refractivity contribution in [3.05, 3.63) is 0 Å². The van der Waals surface area contributed by atoms with Gasteiger partial charge in [0.05, 0.1) is 5.22 Å². The SMILES string of the molecule is [SiH3]C1(CBr)CCCCO1. The maximum atomic E-state index is 5.63. The third kappa shape index (κ3) is 2.06. The lowest BCUT2D eigenvalue weighted by Crippen LogP contribution is -2.38. The number of rotatable bonds is 1. The Hall–Kier alpha value is 0.657. The Kier molecular flexibility index (Phi) is 2.73. The molecule has 0 aromatic heterocycles. The van der Waals surface area contributed by atoms with Crippen LogP contribution in [0.3, 0.4) is 0 Å². The average molecular weight is 209 g/mol. The van der Waals surface area contributed by atoms with Gasteiger partial charge in [0.2, 0.25) is 0 Å². The largest absolute Gasteiger partial charge is 0.379 e. The third-order valence-electron chi connectivity index (χ3n) is 1.83. The Balaban J connectivity index is 2.37. The maximum Gasteiger partial charge on any atom is 0.0580 e. The van der Waals surface area contributed by atoms with Crippen molar-refractivity contribution in [3.63, 3.8) is 0 Å². The summed E-state index contributed by atoms with van der Waals surface area (Å²) in [6.45, 7) is 0.981. The number of alkyl halides is 1. The molecule has 0 aromatic carbocycles.